The third-order valence-electron chi connectivity index (χ3n) is 2.77. The molecule has 0 atom stereocenters. The maximum absolute atomic E-state index is 11.1. The van der Waals surface area contributed by atoms with Crippen LogP contribution in [0.4, 0.5) is 0 Å². The standard InChI is InChI=1S/C14H10O4/c1-2-8-9-4-3-5-11(13(15)16)10(9)6-7-12(8)14(17)18/h2-7H,1H2,(H,15,16)(H,17,18). The van der Waals surface area contributed by atoms with Gasteiger partial charge in [0.15, 0.2) is 0 Å². The molecule has 0 amide bonds. The number of carboxylic acids is 2. The Kier molecular flexibility index (Phi) is 2.85. The lowest BCUT2D eigenvalue weighted by Crippen LogP contribution is -2.02. The molecule has 0 aliphatic carbocycles. The van der Waals surface area contributed by atoms with Crippen LogP contribution in [-0.2, 0) is 0 Å². The second-order valence-electron chi connectivity index (χ2n) is 3.74. The largest absolute Gasteiger partial charge is 0.478 e. The summed E-state index contributed by atoms with van der Waals surface area (Å²) in [6, 6.07) is 7.66. The average molecular weight is 242 g/mol. The zero-order valence-electron chi connectivity index (χ0n) is 9.38. The monoisotopic (exact) mass is 242 g/mol. The van der Waals surface area contributed by atoms with Crippen LogP contribution >= 0.6 is 0 Å². The molecule has 2 aromatic rings. The molecule has 0 saturated carbocycles. The Morgan fingerprint density at radius 3 is 2.17 bits per heavy atom. The Labute approximate surface area is 103 Å². The van der Waals surface area contributed by atoms with Crippen LogP contribution in [0.5, 0.6) is 0 Å². The predicted octanol–water partition coefficient (Wildman–Crippen LogP) is 2.88. The van der Waals surface area contributed by atoms with E-state index >= 15 is 0 Å². The van der Waals surface area contributed by atoms with E-state index in [-0.39, 0.29) is 11.1 Å². The van der Waals surface area contributed by atoms with E-state index in [1.54, 1.807) is 12.1 Å². The quantitative estimate of drug-likeness (QED) is 0.867. The van der Waals surface area contributed by atoms with Crippen molar-refractivity contribution < 1.29 is 19.8 Å². The number of benzene rings is 2. The van der Waals surface area contributed by atoms with Gasteiger partial charge >= 0.3 is 11.9 Å². The summed E-state index contributed by atoms with van der Waals surface area (Å²) < 4.78 is 0. The maximum Gasteiger partial charge on any atom is 0.336 e. The normalized spacial score (nSPS) is 10.2. The fourth-order valence-corrected chi connectivity index (χ4v) is 1.97. The Morgan fingerprint density at radius 1 is 0.944 bits per heavy atom. The average Bonchev–Trinajstić information content (AvgIpc) is 2.35. The molecule has 0 fully saturated rings. The Morgan fingerprint density at radius 2 is 1.61 bits per heavy atom. The molecule has 90 valence electrons. The van der Waals surface area contributed by atoms with Crippen molar-refractivity contribution in [2.75, 3.05) is 0 Å². The van der Waals surface area contributed by atoms with E-state index < -0.39 is 11.9 Å². The summed E-state index contributed by atoms with van der Waals surface area (Å²) in [5.74, 6) is -2.11. The predicted molar refractivity (Wildman–Crippen MR) is 68.0 cm³/mol. The molecule has 0 bridgehead atoms. The molecule has 2 rings (SSSR count). The number of rotatable bonds is 3. The number of aromatic carboxylic acids is 2. The van der Waals surface area contributed by atoms with E-state index in [9.17, 15) is 9.59 Å². The van der Waals surface area contributed by atoms with E-state index in [1.807, 2.05) is 0 Å². The van der Waals surface area contributed by atoms with Crippen LogP contribution in [0.3, 0.4) is 0 Å². The van der Waals surface area contributed by atoms with Gasteiger partial charge in [-0.05, 0) is 28.5 Å². The summed E-state index contributed by atoms with van der Waals surface area (Å²) in [7, 11) is 0. The summed E-state index contributed by atoms with van der Waals surface area (Å²) >= 11 is 0. The number of fused-ring (bicyclic) bond motifs is 1. The summed E-state index contributed by atoms with van der Waals surface area (Å²) in [6.45, 7) is 3.59. The first kappa shape index (κ1) is 11.9. The third-order valence-corrected chi connectivity index (χ3v) is 2.77. The molecule has 4 heteroatoms. The molecule has 0 spiro atoms. The third kappa shape index (κ3) is 1.73. The van der Waals surface area contributed by atoms with Crippen molar-refractivity contribution in [1.29, 1.82) is 0 Å². The van der Waals surface area contributed by atoms with Gasteiger partial charge in [0.25, 0.3) is 0 Å². The van der Waals surface area contributed by atoms with Crippen molar-refractivity contribution in [2.45, 2.75) is 0 Å². The highest BCUT2D eigenvalue weighted by Crippen LogP contribution is 2.26. The molecule has 4 nitrogen and oxygen atoms in total. The van der Waals surface area contributed by atoms with Gasteiger partial charge in [-0.25, -0.2) is 9.59 Å². The molecule has 0 radical (unpaired) electrons. The molecule has 2 N–H and O–H groups in total. The Bertz CT molecular complexity index is 671. The minimum Gasteiger partial charge on any atom is -0.478 e. The number of carboxylic acid groups (broad SMARTS) is 2. The van der Waals surface area contributed by atoms with Crippen molar-refractivity contribution >= 4 is 28.8 Å². The lowest BCUT2D eigenvalue weighted by atomic mass is 9.96. The number of hydrogen-bond acceptors (Lipinski definition) is 2. The van der Waals surface area contributed by atoms with Crippen LogP contribution in [0.1, 0.15) is 26.3 Å². The van der Waals surface area contributed by atoms with Crippen LogP contribution in [0.2, 0.25) is 0 Å². The lowest BCUT2D eigenvalue weighted by Gasteiger charge is -2.08. The minimum atomic E-state index is -1.06. The molecule has 0 aliphatic rings. The van der Waals surface area contributed by atoms with Gasteiger partial charge in [0.1, 0.15) is 0 Å². The van der Waals surface area contributed by atoms with Crippen LogP contribution in [0, 0.1) is 0 Å². The summed E-state index contributed by atoms with van der Waals surface area (Å²) in [6.07, 6.45) is 1.43. The number of hydrogen-bond donors (Lipinski definition) is 2. The van der Waals surface area contributed by atoms with E-state index in [0.717, 1.165) is 0 Å². The molecule has 0 unspecified atom stereocenters. The summed E-state index contributed by atoms with van der Waals surface area (Å²) in [4.78, 5) is 22.2. The van der Waals surface area contributed by atoms with Crippen molar-refractivity contribution in [3.05, 3.63) is 53.6 Å². The highest BCUT2D eigenvalue weighted by Gasteiger charge is 2.14. The zero-order chi connectivity index (χ0) is 13.3. The maximum atomic E-state index is 11.1. The summed E-state index contributed by atoms with van der Waals surface area (Å²) in [5, 5.41) is 19.2. The lowest BCUT2D eigenvalue weighted by molar-refractivity contribution is 0.0688. The first-order chi connectivity index (χ1) is 8.56. The highest BCUT2D eigenvalue weighted by molar-refractivity contribution is 6.09. The SMILES string of the molecule is C=Cc1c(C(=O)O)ccc2c(C(=O)O)cccc12. The van der Waals surface area contributed by atoms with Gasteiger partial charge in [0, 0.05) is 0 Å². The van der Waals surface area contributed by atoms with Gasteiger partial charge in [-0.15, -0.1) is 0 Å². The van der Waals surface area contributed by atoms with Gasteiger partial charge in [-0.1, -0.05) is 30.9 Å². The smallest absolute Gasteiger partial charge is 0.336 e. The van der Waals surface area contributed by atoms with Crippen molar-refractivity contribution in [1.82, 2.24) is 0 Å². The first-order valence-electron chi connectivity index (χ1n) is 5.21. The fourth-order valence-electron chi connectivity index (χ4n) is 1.97. The van der Waals surface area contributed by atoms with Gasteiger partial charge in [0.05, 0.1) is 11.1 Å². The van der Waals surface area contributed by atoms with Gasteiger partial charge < -0.3 is 10.2 Å². The molecule has 0 aliphatic heterocycles. The fraction of sp³-hybridized carbons (Fsp3) is 0. The highest BCUT2D eigenvalue weighted by atomic mass is 16.4. The minimum absolute atomic E-state index is 0.111. The van der Waals surface area contributed by atoms with Crippen molar-refractivity contribution in [3.63, 3.8) is 0 Å². The van der Waals surface area contributed by atoms with E-state index in [0.29, 0.717) is 16.3 Å². The Hall–Kier alpha value is -2.62. The zero-order valence-corrected chi connectivity index (χ0v) is 9.38. The van der Waals surface area contributed by atoms with Crippen LogP contribution in [-0.4, -0.2) is 22.2 Å². The van der Waals surface area contributed by atoms with E-state index in [2.05, 4.69) is 6.58 Å². The topological polar surface area (TPSA) is 74.6 Å². The van der Waals surface area contributed by atoms with Crippen molar-refractivity contribution in [3.8, 4) is 0 Å². The Balaban J connectivity index is 2.91. The molecule has 2 aromatic carbocycles. The second kappa shape index (κ2) is 4.33. The van der Waals surface area contributed by atoms with Gasteiger partial charge in [-0.3, -0.25) is 0 Å². The molecular formula is C14H10O4. The molecule has 0 aromatic heterocycles. The molecule has 0 saturated heterocycles. The molecular weight excluding hydrogens is 232 g/mol. The number of carbonyl (C=O) groups is 2. The van der Waals surface area contributed by atoms with Crippen LogP contribution < -0.4 is 0 Å². The molecule has 0 heterocycles. The van der Waals surface area contributed by atoms with Gasteiger partial charge in [-0.2, -0.15) is 0 Å². The van der Waals surface area contributed by atoms with E-state index in [1.165, 1.54) is 24.3 Å². The van der Waals surface area contributed by atoms with E-state index in [4.69, 9.17) is 10.2 Å². The van der Waals surface area contributed by atoms with Crippen molar-refractivity contribution in [2.24, 2.45) is 0 Å². The summed E-state index contributed by atoms with van der Waals surface area (Å²) in [5.41, 5.74) is 0.690. The van der Waals surface area contributed by atoms with Crippen LogP contribution in [0.15, 0.2) is 36.9 Å². The second-order valence-corrected chi connectivity index (χ2v) is 3.74. The van der Waals surface area contributed by atoms with Gasteiger partial charge in [0.2, 0.25) is 0 Å². The molecule has 18 heavy (non-hydrogen) atoms. The first-order valence-corrected chi connectivity index (χ1v) is 5.21. The van der Waals surface area contributed by atoms with Crippen LogP contribution in [0.25, 0.3) is 16.8 Å².